The zero-order valence-electron chi connectivity index (χ0n) is 14.1. The van der Waals surface area contributed by atoms with Gasteiger partial charge in [-0.05, 0) is 36.2 Å². The Hall–Kier alpha value is -2.82. The zero-order valence-corrected chi connectivity index (χ0v) is 14.1. The lowest BCUT2D eigenvalue weighted by Crippen LogP contribution is -2.18. The van der Waals surface area contributed by atoms with Crippen molar-refractivity contribution >= 4 is 17.5 Å². The lowest BCUT2D eigenvalue weighted by Gasteiger charge is -2.13. The van der Waals surface area contributed by atoms with Gasteiger partial charge >= 0.3 is 0 Å². The minimum absolute atomic E-state index is 0.202. The fraction of sp³-hybridized carbons (Fsp3) is 0.263. The molecular formula is C19H22N2O3. The number of para-hydroxylation sites is 1. The minimum Gasteiger partial charge on any atom is -0.492 e. The topological polar surface area (TPSA) is 67.4 Å². The predicted octanol–water partition coefficient (Wildman–Crippen LogP) is 3.33. The molecule has 0 spiro atoms. The second-order valence-electron chi connectivity index (χ2n) is 5.82. The summed E-state index contributed by atoms with van der Waals surface area (Å²) in [4.78, 5) is 24.2. The summed E-state index contributed by atoms with van der Waals surface area (Å²) >= 11 is 0. The fourth-order valence-corrected chi connectivity index (χ4v) is 2.12. The number of hydrogen-bond donors (Lipinski definition) is 2. The van der Waals surface area contributed by atoms with Crippen LogP contribution in [0, 0.1) is 5.92 Å². The van der Waals surface area contributed by atoms with E-state index in [9.17, 15) is 9.59 Å². The van der Waals surface area contributed by atoms with E-state index in [1.54, 1.807) is 49.5 Å². The summed E-state index contributed by atoms with van der Waals surface area (Å²) in [5.41, 5.74) is 1.50. The first kappa shape index (κ1) is 17.5. The Labute approximate surface area is 142 Å². The van der Waals surface area contributed by atoms with Crippen molar-refractivity contribution in [2.75, 3.05) is 19.0 Å². The molecule has 126 valence electrons. The summed E-state index contributed by atoms with van der Waals surface area (Å²) in [5.74, 6) is 0.437. The van der Waals surface area contributed by atoms with Gasteiger partial charge in [0.25, 0.3) is 11.8 Å². The molecule has 2 rings (SSSR count). The maximum Gasteiger partial charge on any atom is 0.259 e. The van der Waals surface area contributed by atoms with Gasteiger partial charge in [-0.3, -0.25) is 9.59 Å². The van der Waals surface area contributed by atoms with E-state index < -0.39 is 0 Å². The molecule has 0 aromatic heterocycles. The Bertz CT molecular complexity index is 726. The molecule has 2 N–H and O–H groups in total. The summed E-state index contributed by atoms with van der Waals surface area (Å²) in [5, 5.41) is 5.36. The van der Waals surface area contributed by atoms with Crippen LogP contribution in [0.4, 0.5) is 5.69 Å². The Balaban J connectivity index is 2.17. The molecule has 0 saturated heterocycles. The summed E-state index contributed by atoms with van der Waals surface area (Å²) in [6.45, 7) is 4.64. The molecule has 0 radical (unpaired) electrons. The fourth-order valence-electron chi connectivity index (χ4n) is 2.12. The number of hydrogen-bond acceptors (Lipinski definition) is 3. The Morgan fingerprint density at radius 2 is 1.79 bits per heavy atom. The Morgan fingerprint density at radius 3 is 2.50 bits per heavy atom. The molecule has 0 atom stereocenters. The van der Waals surface area contributed by atoms with Crippen molar-refractivity contribution in [2.24, 2.45) is 5.92 Å². The van der Waals surface area contributed by atoms with Crippen LogP contribution in [0.3, 0.4) is 0 Å². The number of ether oxygens (including phenoxy) is 1. The van der Waals surface area contributed by atoms with Gasteiger partial charge in [0.15, 0.2) is 0 Å². The number of amides is 2. The molecule has 5 heteroatoms. The van der Waals surface area contributed by atoms with E-state index in [-0.39, 0.29) is 11.8 Å². The van der Waals surface area contributed by atoms with E-state index in [0.29, 0.717) is 35.1 Å². The minimum atomic E-state index is -0.275. The third kappa shape index (κ3) is 4.59. The van der Waals surface area contributed by atoms with Crippen LogP contribution < -0.4 is 15.4 Å². The number of nitrogens with one attached hydrogen (secondary N) is 2. The van der Waals surface area contributed by atoms with Gasteiger partial charge in [0.1, 0.15) is 5.75 Å². The van der Waals surface area contributed by atoms with Crippen LogP contribution in [0.5, 0.6) is 5.75 Å². The third-order valence-electron chi connectivity index (χ3n) is 3.31. The highest BCUT2D eigenvalue weighted by molar-refractivity contribution is 6.06. The molecule has 0 aliphatic rings. The van der Waals surface area contributed by atoms with Crippen molar-refractivity contribution in [1.82, 2.24) is 5.32 Å². The zero-order chi connectivity index (χ0) is 17.5. The first-order chi connectivity index (χ1) is 11.5. The molecule has 24 heavy (non-hydrogen) atoms. The molecule has 0 saturated carbocycles. The van der Waals surface area contributed by atoms with Crippen LogP contribution in [0.15, 0.2) is 48.5 Å². The molecule has 0 heterocycles. The van der Waals surface area contributed by atoms with Crippen LogP contribution >= 0.6 is 0 Å². The van der Waals surface area contributed by atoms with Crippen LogP contribution in [0.1, 0.15) is 34.6 Å². The lowest BCUT2D eigenvalue weighted by atomic mass is 10.1. The van der Waals surface area contributed by atoms with Gasteiger partial charge in [-0.25, -0.2) is 0 Å². The molecule has 5 nitrogen and oxygen atoms in total. The highest BCUT2D eigenvalue weighted by Gasteiger charge is 2.13. The van der Waals surface area contributed by atoms with Gasteiger partial charge in [0, 0.05) is 18.3 Å². The number of benzene rings is 2. The molecule has 0 unspecified atom stereocenters. The van der Waals surface area contributed by atoms with E-state index in [4.69, 9.17) is 4.74 Å². The summed E-state index contributed by atoms with van der Waals surface area (Å²) in [6, 6.07) is 13.9. The van der Waals surface area contributed by atoms with Crippen LogP contribution in [-0.4, -0.2) is 25.5 Å². The van der Waals surface area contributed by atoms with Gasteiger partial charge in [0.2, 0.25) is 0 Å². The Kier molecular flexibility index (Phi) is 5.95. The van der Waals surface area contributed by atoms with Crippen LogP contribution in [-0.2, 0) is 0 Å². The molecule has 2 aromatic rings. The molecule has 0 bridgehead atoms. The van der Waals surface area contributed by atoms with Crippen LogP contribution in [0.25, 0.3) is 0 Å². The van der Waals surface area contributed by atoms with Crippen LogP contribution in [0.2, 0.25) is 0 Å². The Morgan fingerprint density at radius 1 is 1.04 bits per heavy atom. The van der Waals surface area contributed by atoms with Crippen molar-refractivity contribution < 1.29 is 14.3 Å². The van der Waals surface area contributed by atoms with Gasteiger partial charge in [0.05, 0.1) is 12.2 Å². The van der Waals surface area contributed by atoms with Crippen molar-refractivity contribution in [2.45, 2.75) is 13.8 Å². The van der Waals surface area contributed by atoms with E-state index in [1.807, 2.05) is 19.9 Å². The molecule has 0 aliphatic carbocycles. The van der Waals surface area contributed by atoms with Gasteiger partial charge in [-0.1, -0.05) is 32.0 Å². The average molecular weight is 326 g/mol. The number of rotatable bonds is 6. The van der Waals surface area contributed by atoms with Gasteiger partial charge < -0.3 is 15.4 Å². The molecule has 0 aliphatic heterocycles. The predicted molar refractivity (Wildman–Crippen MR) is 94.6 cm³/mol. The van der Waals surface area contributed by atoms with E-state index in [1.165, 1.54) is 0 Å². The molecule has 2 aromatic carbocycles. The quantitative estimate of drug-likeness (QED) is 0.855. The van der Waals surface area contributed by atoms with Crippen molar-refractivity contribution in [3.8, 4) is 5.75 Å². The lowest BCUT2D eigenvalue weighted by molar-refractivity contribution is 0.0961. The standard InChI is InChI=1S/C19H22N2O3/c1-13(2)12-24-17-10-5-4-9-16(17)19(23)21-15-8-6-7-14(11-15)18(22)20-3/h4-11,13H,12H2,1-3H3,(H,20,22)(H,21,23). The van der Waals surface area contributed by atoms with E-state index in [2.05, 4.69) is 10.6 Å². The maximum absolute atomic E-state index is 12.5. The average Bonchev–Trinajstić information content (AvgIpc) is 2.59. The number of anilines is 1. The van der Waals surface area contributed by atoms with Crippen molar-refractivity contribution in [1.29, 1.82) is 0 Å². The monoisotopic (exact) mass is 326 g/mol. The summed E-state index contributed by atoms with van der Waals surface area (Å²) < 4.78 is 5.71. The first-order valence-corrected chi connectivity index (χ1v) is 7.86. The second-order valence-corrected chi connectivity index (χ2v) is 5.82. The van der Waals surface area contributed by atoms with E-state index >= 15 is 0 Å². The molecular weight excluding hydrogens is 304 g/mol. The molecule has 2 amide bonds. The number of carbonyl (C=O) groups is 2. The van der Waals surface area contributed by atoms with Gasteiger partial charge in [-0.15, -0.1) is 0 Å². The normalized spacial score (nSPS) is 10.3. The van der Waals surface area contributed by atoms with Crippen molar-refractivity contribution in [3.63, 3.8) is 0 Å². The number of carbonyl (C=O) groups excluding carboxylic acids is 2. The SMILES string of the molecule is CNC(=O)c1cccc(NC(=O)c2ccccc2OCC(C)C)c1. The van der Waals surface area contributed by atoms with Crippen molar-refractivity contribution in [3.05, 3.63) is 59.7 Å². The summed E-state index contributed by atoms with van der Waals surface area (Å²) in [7, 11) is 1.57. The maximum atomic E-state index is 12.5. The largest absolute Gasteiger partial charge is 0.492 e. The molecule has 0 fully saturated rings. The van der Waals surface area contributed by atoms with E-state index in [0.717, 1.165) is 0 Å². The van der Waals surface area contributed by atoms with Gasteiger partial charge in [-0.2, -0.15) is 0 Å². The highest BCUT2D eigenvalue weighted by atomic mass is 16.5. The highest BCUT2D eigenvalue weighted by Crippen LogP contribution is 2.21. The first-order valence-electron chi connectivity index (χ1n) is 7.86. The smallest absolute Gasteiger partial charge is 0.259 e. The third-order valence-corrected chi connectivity index (χ3v) is 3.31. The summed E-state index contributed by atoms with van der Waals surface area (Å²) in [6.07, 6.45) is 0. The second kappa shape index (κ2) is 8.15.